The van der Waals surface area contributed by atoms with Gasteiger partial charge in [0.25, 0.3) is 7.48 Å². The molecule has 1 N–H and O–H groups in total. The topological polar surface area (TPSA) is 29.5 Å². The number of rotatable bonds is 5. The van der Waals surface area contributed by atoms with Crippen LogP contribution in [0.15, 0.2) is 0 Å². The van der Waals surface area contributed by atoms with Gasteiger partial charge in [-0.15, -0.1) is 0 Å². The Labute approximate surface area is 88.3 Å². The summed E-state index contributed by atoms with van der Waals surface area (Å²) in [5, 5.41) is 9.86. The van der Waals surface area contributed by atoms with Crippen molar-refractivity contribution in [1.82, 2.24) is 0 Å². The van der Waals surface area contributed by atoms with Gasteiger partial charge in [-0.2, -0.15) is 0 Å². The summed E-state index contributed by atoms with van der Waals surface area (Å²) >= 11 is 0. The maximum Gasteiger partial charge on any atom is 0.296 e. The molecule has 0 saturated heterocycles. The van der Waals surface area contributed by atoms with Crippen molar-refractivity contribution in [1.29, 1.82) is 0 Å². The van der Waals surface area contributed by atoms with Crippen molar-refractivity contribution in [3.8, 4) is 0 Å². The van der Waals surface area contributed by atoms with E-state index < -0.39 is 11.2 Å². The highest BCUT2D eigenvalue weighted by Crippen LogP contribution is 2.47. The van der Waals surface area contributed by atoms with Crippen molar-refractivity contribution in [3.63, 3.8) is 0 Å². The van der Waals surface area contributed by atoms with Crippen molar-refractivity contribution in [2.75, 3.05) is 0 Å². The summed E-state index contributed by atoms with van der Waals surface area (Å²) in [7, 11) is 1.92. The Hall–Kier alpha value is -0.0151. The molecule has 1 rings (SSSR count). The van der Waals surface area contributed by atoms with Crippen molar-refractivity contribution >= 4 is 7.48 Å². The molecule has 0 aromatic rings. The van der Waals surface area contributed by atoms with Gasteiger partial charge >= 0.3 is 0 Å². The second-order valence-corrected chi connectivity index (χ2v) is 5.39. The Bertz CT molecular complexity index is 196. The molecule has 2 unspecified atom stereocenters. The van der Waals surface area contributed by atoms with E-state index in [1.54, 1.807) is 13.8 Å². The lowest BCUT2D eigenvalue weighted by Gasteiger charge is -2.37. The molecule has 1 aliphatic rings. The first-order valence-corrected chi connectivity index (χ1v) is 5.51. The molecule has 0 spiro atoms. The molecule has 2 atom stereocenters. The van der Waals surface area contributed by atoms with Gasteiger partial charge in [-0.25, -0.2) is 0 Å². The zero-order valence-corrected chi connectivity index (χ0v) is 10.0. The van der Waals surface area contributed by atoms with Crippen LogP contribution in [0.25, 0.3) is 0 Å². The largest absolute Gasteiger partial charge is 0.433 e. The summed E-state index contributed by atoms with van der Waals surface area (Å²) in [6.45, 7) is 9.62. The molecule has 0 bridgehead atoms. The summed E-state index contributed by atoms with van der Waals surface area (Å²) in [6, 6.07) is 0. The van der Waals surface area contributed by atoms with Gasteiger partial charge in [0.15, 0.2) is 0 Å². The number of hydrogen-bond donors (Lipinski definition) is 1. The molecule has 2 nitrogen and oxygen atoms in total. The maximum atomic E-state index is 9.86. The second-order valence-electron chi connectivity index (χ2n) is 5.39. The van der Waals surface area contributed by atoms with Gasteiger partial charge < -0.3 is 9.76 Å². The molecule has 3 heteroatoms. The minimum atomic E-state index is -0.805. The summed E-state index contributed by atoms with van der Waals surface area (Å²) < 4.78 is 5.67. The summed E-state index contributed by atoms with van der Waals surface area (Å²) in [6.07, 6.45) is 2.48. The Morgan fingerprint density at radius 2 is 1.93 bits per heavy atom. The smallest absolute Gasteiger partial charge is 0.296 e. The van der Waals surface area contributed by atoms with Crippen LogP contribution in [0.2, 0.25) is 5.82 Å². The van der Waals surface area contributed by atoms with Gasteiger partial charge in [0.1, 0.15) is 0 Å². The van der Waals surface area contributed by atoms with Gasteiger partial charge in [-0.1, -0.05) is 19.8 Å². The van der Waals surface area contributed by atoms with E-state index in [4.69, 9.17) is 4.65 Å². The SMILES string of the molecule is CCC1CC1[B]OC(C)(C)C(C)(C)O. The van der Waals surface area contributed by atoms with E-state index in [0.29, 0.717) is 5.82 Å². The van der Waals surface area contributed by atoms with Gasteiger partial charge in [-0.3, -0.25) is 0 Å². The molecule has 1 fully saturated rings. The second kappa shape index (κ2) is 3.86. The van der Waals surface area contributed by atoms with Gasteiger partial charge in [0.05, 0.1) is 11.2 Å². The molecule has 0 heterocycles. The lowest BCUT2D eigenvalue weighted by atomic mass is 9.83. The monoisotopic (exact) mass is 197 g/mol. The molecule has 0 aromatic heterocycles. The first-order valence-electron chi connectivity index (χ1n) is 5.51. The summed E-state index contributed by atoms with van der Waals surface area (Å²) in [5.41, 5.74) is -1.31. The molecule has 1 radical (unpaired) electrons. The average molecular weight is 197 g/mol. The molecule has 0 aromatic carbocycles. The lowest BCUT2D eigenvalue weighted by Crippen LogP contribution is -2.48. The molecule has 0 amide bonds. The van der Waals surface area contributed by atoms with E-state index in [0.717, 1.165) is 5.92 Å². The van der Waals surface area contributed by atoms with Gasteiger partial charge in [0, 0.05) is 0 Å². The molecule has 14 heavy (non-hydrogen) atoms. The molecule has 1 saturated carbocycles. The van der Waals surface area contributed by atoms with Crippen LogP contribution in [0.5, 0.6) is 0 Å². The lowest BCUT2D eigenvalue weighted by molar-refractivity contribution is -0.0905. The minimum absolute atomic E-state index is 0.506. The minimum Gasteiger partial charge on any atom is -0.433 e. The third-order valence-corrected chi connectivity index (χ3v) is 3.51. The predicted octanol–water partition coefficient (Wildman–Crippen LogP) is 2.39. The van der Waals surface area contributed by atoms with Crippen LogP contribution in [0.3, 0.4) is 0 Å². The first-order chi connectivity index (χ1) is 6.28. The van der Waals surface area contributed by atoms with Crippen LogP contribution in [-0.4, -0.2) is 23.8 Å². The van der Waals surface area contributed by atoms with Crippen molar-refractivity contribution in [2.45, 2.75) is 64.5 Å². The fourth-order valence-electron chi connectivity index (χ4n) is 1.31. The molecule has 0 aliphatic heterocycles. The Kier molecular flexibility index (Phi) is 3.32. The van der Waals surface area contributed by atoms with E-state index in [1.807, 2.05) is 21.3 Å². The van der Waals surface area contributed by atoms with Crippen LogP contribution in [-0.2, 0) is 4.65 Å². The van der Waals surface area contributed by atoms with E-state index in [2.05, 4.69) is 6.92 Å². The highest BCUT2D eigenvalue weighted by atomic mass is 16.5. The summed E-state index contributed by atoms with van der Waals surface area (Å²) in [4.78, 5) is 0. The van der Waals surface area contributed by atoms with Crippen molar-refractivity contribution in [2.24, 2.45) is 5.92 Å². The van der Waals surface area contributed by atoms with Crippen molar-refractivity contribution < 1.29 is 9.76 Å². The van der Waals surface area contributed by atoms with Crippen LogP contribution in [0.1, 0.15) is 47.5 Å². The molecule has 1 aliphatic carbocycles. The van der Waals surface area contributed by atoms with Gasteiger partial charge in [0.2, 0.25) is 0 Å². The van der Waals surface area contributed by atoms with Crippen LogP contribution >= 0.6 is 0 Å². The van der Waals surface area contributed by atoms with E-state index in [1.165, 1.54) is 12.8 Å². The molecular formula is C11H22BO2. The van der Waals surface area contributed by atoms with Crippen molar-refractivity contribution in [3.05, 3.63) is 0 Å². The normalized spacial score (nSPS) is 27.6. The first kappa shape index (κ1) is 12.1. The number of aliphatic hydroxyl groups is 1. The summed E-state index contributed by atoms with van der Waals surface area (Å²) in [5.74, 6) is 1.43. The highest BCUT2D eigenvalue weighted by molar-refractivity contribution is 6.31. The maximum absolute atomic E-state index is 9.86. The third kappa shape index (κ3) is 2.74. The fourth-order valence-corrected chi connectivity index (χ4v) is 1.31. The Balaban J connectivity index is 2.31. The molecule has 81 valence electrons. The van der Waals surface area contributed by atoms with E-state index in [-0.39, 0.29) is 0 Å². The van der Waals surface area contributed by atoms with Crippen LogP contribution < -0.4 is 0 Å². The van der Waals surface area contributed by atoms with E-state index >= 15 is 0 Å². The van der Waals surface area contributed by atoms with Gasteiger partial charge in [-0.05, 0) is 39.4 Å². The van der Waals surface area contributed by atoms with Crippen LogP contribution in [0.4, 0.5) is 0 Å². The highest BCUT2D eigenvalue weighted by Gasteiger charge is 2.41. The number of hydrogen-bond acceptors (Lipinski definition) is 2. The Morgan fingerprint density at radius 3 is 2.29 bits per heavy atom. The van der Waals surface area contributed by atoms with E-state index in [9.17, 15) is 5.11 Å². The van der Waals surface area contributed by atoms with Crippen LogP contribution in [0, 0.1) is 5.92 Å². The standard InChI is InChI=1S/C11H22BO2/c1-6-8-7-9(8)12-14-11(4,5)10(2,3)13/h8-9,13H,6-7H2,1-5H3. The zero-order valence-electron chi connectivity index (χ0n) is 10.0. The predicted molar refractivity (Wildman–Crippen MR) is 59.4 cm³/mol. The zero-order chi connectivity index (χ0) is 11.0. The fraction of sp³-hybridized carbons (Fsp3) is 1.00. The quantitative estimate of drug-likeness (QED) is 0.685. The molecular weight excluding hydrogens is 175 g/mol. The Morgan fingerprint density at radius 1 is 1.36 bits per heavy atom. The third-order valence-electron chi connectivity index (χ3n) is 3.51. The average Bonchev–Trinajstić information content (AvgIpc) is 2.77.